The molecule has 1 fully saturated rings. The lowest BCUT2D eigenvalue weighted by Crippen LogP contribution is -2.24. The highest BCUT2D eigenvalue weighted by atomic mass is 16.5. The third-order valence-electron chi connectivity index (χ3n) is 4.42. The Balaban J connectivity index is 1.48. The number of hydrogen-bond acceptors (Lipinski definition) is 9. The largest absolute Gasteiger partial charge is 0.383 e. The first-order valence-electron chi connectivity index (χ1n) is 8.91. The second-order valence-corrected chi connectivity index (χ2v) is 6.21. The van der Waals surface area contributed by atoms with Gasteiger partial charge in [0.25, 0.3) is 0 Å². The van der Waals surface area contributed by atoms with E-state index in [2.05, 4.69) is 35.3 Å². The Morgan fingerprint density at radius 1 is 1.26 bits per heavy atom. The van der Waals surface area contributed by atoms with Gasteiger partial charge in [-0.25, -0.2) is 15.0 Å². The fourth-order valence-corrected chi connectivity index (χ4v) is 3.10. The number of pyridine rings is 1. The van der Waals surface area contributed by atoms with Crippen molar-refractivity contribution in [3.05, 3.63) is 42.7 Å². The van der Waals surface area contributed by atoms with Crippen LogP contribution in [0.3, 0.4) is 0 Å². The number of hydrogen-bond donors (Lipinski definition) is 1. The van der Waals surface area contributed by atoms with E-state index in [-0.39, 0.29) is 6.04 Å². The van der Waals surface area contributed by atoms with E-state index in [0.29, 0.717) is 30.8 Å². The van der Waals surface area contributed by atoms with E-state index in [1.165, 1.54) is 0 Å². The van der Waals surface area contributed by atoms with Gasteiger partial charge in [0.15, 0.2) is 0 Å². The van der Waals surface area contributed by atoms with Crippen LogP contribution in [0.5, 0.6) is 0 Å². The van der Waals surface area contributed by atoms with E-state index >= 15 is 0 Å². The predicted molar refractivity (Wildman–Crippen MR) is 99.2 cm³/mol. The molecular formula is C18H21N7O2. The van der Waals surface area contributed by atoms with Crippen LogP contribution >= 0.6 is 0 Å². The van der Waals surface area contributed by atoms with Gasteiger partial charge in [0.2, 0.25) is 17.7 Å². The van der Waals surface area contributed by atoms with Crippen molar-refractivity contribution in [3.63, 3.8) is 0 Å². The van der Waals surface area contributed by atoms with E-state index < -0.39 is 0 Å². The molecule has 1 atom stereocenters. The summed E-state index contributed by atoms with van der Waals surface area (Å²) >= 11 is 0. The average molecular weight is 367 g/mol. The maximum Gasteiger partial charge on any atom is 0.249 e. The average Bonchev–Trinajstić information content (AvgIpc) is 3.39. The molecular weight excluding hydrogens is 346 g/mol. The van der Waals surface area contributed by atoms with Crippen LogP contribution < -0.4 is 10.2 Å². The van der Waals surface area contributed by atoms with E-state index in [0.717, 1.165) is 30.8 Å². The van der Waals surface area contributed by atoms with Gasteiger partial charge in [-0.3, -0.25) is 0 Å². The molecule has 1 unspecified atom stereocenters. The van der Waals surface area contributed by atoms with Gasteiger partial charge in [0.1, 0.15) is 11.9 Å². The lowest BCUT2D eigenvalue weighted by molar-refractivity contribution is 0.210. The molecule has 4 rings (SSSR count). The minimum atomic E-state index is -0.00315. The highest BCUT2D eigenvalue weighted by Crippen LogP contribution is 2.34. The summed E-state index contributed by atoms with van der Waals surface area (Å²) in [6.45, 7) is 2.20. The Morgan fingerprint density at radius 2 is 2.15 bits per heavy atom. The van der Waals surface area contributed by atoms with Gasteiger partial charge in [0.05, 0.1) is 6.61 Å². The first kappa shape index (κ1) is 17.3. The summed E-state index contributed by atoms with van der Waals surface area (Å²) < 4.78 is 10.6. The van der Waals surface area contributed by atoms with Crippen molar-refractivity contribution in [2.45, 2.75) is 18.9 Å². The van der Waals surface area contributed by atoms with E-state index in [4.69, 9.17) is 9.26 Å². The first-order valence-corrected chi connectivity index (χ1v) is 8.91. The molecule has 140 valence electrons. The molecule has 0 bridgehead atoms. The minimum absolute atomic E-state index is 0.00315. The van der Waals surface area contributed by atoms with Crippen LogP contribution in [0, 0.1) is 0 Å². The van der Waals surface area contributed by atoms with Crippen LogP contribution in [0.2, 0.25) is 0 Å². The molecule has 1 aliphatic rings. The third-order valence-corrected chi connectivity index (χ3v) is 4.42. The van der Waals surface area contributed by atoms with Gasteiger partial charge in [0, 0.05) is 44.4 Å². The molecule has 1 saturated heterocycles. The van der Waals surface area contributed by atoms with Gasteiger partial charge in [-0.2, -0.15) is 4.98 Å². The highest BCUT2D eigenvalue weighted by molar-refractivity contribution is 5.55. The zero-order chi connectivity index (χ0) is 18.5. The molecule has 0 spiro atoms. The summed E-state index contributed by atoms with van der Waals surface area (Å²) in [5.41, 5.74) is 0.808. The smallest absolute Gasteiger partial charge is 0.249 e. The Hall–Kier alpha value is -3.07. The molecule has 9 heteroatoms. The van der Waals surface area contributed by atoms with Gasteiger partial charge < -0.3 is 19.5 Å². The summed E-state index contributed by atoms with van der Waals surface area (Å²) in [6.07, 6.45) is 7.18. The monoisotopic (exact) mass is 367 g/mol. The van der Waals surface area contributed by atoms with Crippen LogP contribution in [0.25, 0.3) is 11.4 Å². The van der Waals surface area contributed by atoms with Crippen molar-refractivity contribution in [3.8, 4) is 11.4 Å². The van der Waals surface area contributed by atoms with Crippen molar-refractivity contribution in [2.24, 2.45) is 0 Å². The molecule has 3 aromatic heterocycles. The molecule has 9 nitrogen and oxygen atoms in total. The Bertz CT molecular complexity index is 854. The molecule has 4 heterocycles. The van der Waals surface area contributed by atoms with E-state index in [1.807, 2.05) is 12.1 Å². The SMILES string of the molecule is COCCNc1ccc(-c2noc(C3CCCN3c3ncccn3)n2)cn1. The normalized spacial score (nSPS) is 16.6. The number of anilines is 2. The predicted octanol–water partition coefficient (Wildman–Crippen LogP) is 2.32. The highest BCUT2D eigenvalue weighted by Gasteiger charge is 2.32. The van der Waals surface area contributed by atoms with Gasteiger partial charge in [-0.1, -0.05) is 5.16 Å². The number of methoxy groups -OCH3 is 1. The number of ether oxygens (including phenoxy) is 1. The summed E-state index contributed by atoms with van der Waals surface area (Å²) in [6, 6.07) is 5.61. The Morgan fingerprint density at radius 3 is 2.93 bits per heavy atom. The number of aromatic nitrogens is 5. The van der Waals surface area contributed by atoms with Crippen molar-refractivity contribution < 1.29 is 9.26 Å². The molecule has 0 aliphatic carbocycles. The van der Waals surface area contributed by atoms with Gasteiger partial charge >= 0.3 is 0 Å². The molecule has 1 aliphatic heterocycles. The molecule has 27 heavy (non-hydrogen) atoms. The summed E-state index contributed by atoms with van der Waals surface area (Å²) in [5.74, 6) is 2.58. The lowest BCUT2D eigenvalue weighted by Gasteiger charge is -2.21. The lowest BCUT2D eigenvalue weighted by atomic mass is 10.2. The van der Waals surface area contributed by atoms with Crippen LogP contribution in [-0.2, 0) is 4.74 Å². The first-order chi connectivity index (χ1) is 13.3. The quantitative estimate of drug-likeness (QED) is 0.630. The maximum absolute atomic E-state index is 5.55. The zero-order valence-electron chi connectivity index (χ0n) is 15.1. The van der Waals surface area contributed by atoms with Crippen LogP contribution in [0.1, 0.15) is 24.8 Å². The third kappa shape index (κ3) is 3.87. The maximum atomic E-state index is 5.55. The van der Waals surface area contributed by atoms with Crippen molar-refractivity contribution in [1.29, 1.82) is 0 Å². The molecule has 1 N–H and O–H groups in total. The second-order valence-electron chi connectivity index (χ2n) is 6.21. The minimum Gasteiger partial charge on any atom is -0.383 e. The standard InChI is InChI=1S/C18H21N7O2/c1-26-11-9-19-15-6-5-13(12-22-15)16-23-17(27-24-16)14-4-2-10-25(14)18-20-7-3-8-21-18/h3,5-8,12,14H,2,4,9-11H2,1H3,(H,19,22). The Kier molecular flexibility index (Phi) is 5.20. The molecule has 3 aromatic rings. The number of nitrogens with one attached hydrogen (secondary N) is 1. The van der Waals surface area contributed by atoms with Gasteiger partial charge in [-0.15, -0.1) is 0 Å². The fourth-order valence-electron chi connectivity index (χ4n) is 3.10. The Labute approximate surface area is 156 Å². The number of nitrogens with zero attached hydrogens (tertiary/aromatic N) is 6. The summed E-state index contributed by atoms with van der Waals surface area (Å²) in [4.78, 5) is 19.8. The molecule has 0 saturated carbocycles. The fraction of sp³-hybridized carbons (Fsp3) is 0.389. The summed E-state index contributed by atoms with van der Waals surface area (Å²) in [5, 5.41) is 7.31. The topological polar surface area (TPSA) is 102 Å². The zero-order valence-corrected chi connectivity index (χ0v) is 15.1. The van der Waals surface area contributed by atoms with E-state index in [9.17, 15) is 0 Å². The van der Waals surface area contributed by atoms with Crippen molar-refractivity contribution in [1.82, 2.24) is 25.1 Å². The summed E-state index contributed by atoms with van der Waals surface area (Å²) in [7, 11) is 1.67. The number of rotatable bonds is 7. The molecule has 0 radical (unpaired) electrons. The van der Waals surface area contributed by atoms with Gasteiger partial charge in [-0.05, 0) is 31.0 Å². The molecule has 0 aromatic carbocycles. The van der Waals surface area contributed by atoms with Crippen LogP contribution in [-0.4, -0.2) is 51.9 Å². The molecule has 0 amide bonds. The van der Waals surface area contributed by atoms with Crippen LogP contribution in [0.15, 0.2) is 41.3 Å². The second kappa shape index (κ2) is 8.09. The van der Waals surface area contributed by atoms with Crippen molar-refractivity contribution >= 4 is 11.8 Å². The van der Waals surface area contributed by atoms with E-state index in [1.54, 1.807) is 31.8 Å². The van der Waals surface area contributed by atoms with Crippen LogP contribution in [0.4, 0.5) is 11.8 Å². The van der Waals surface area contributed by atoms with Crippen molar-refractivity contribution in [2.75, 3.05) is 37.0 Å².